The molecule has 0 radical (unpaired) electrons. The molecule has 3 aromatic carbocycles. The van der Waals surface area contributed by atoms with Crippen LogP contribution < -0.4 is 16.4 Å². The Balaban J connectivity index is 1.58. The highest BCUT2D eigenvalue weighted by Crippen LogP contribution is 2.31. The molecule has 0 saturated carbocycles. The van der Waals surface area contributed by atoms with Crippen molar-refractivity contribution in [2.24, 2.45) is 5.73 Å². The van der Waals surface area contributed by atoms with Gasteiger partial charge in [0.25, 0.3) is 5.91 Å². The number of fused-ring (bicyclic) bond motifs is 1. The van der Waals surface area contributed by atoms with Crippen LogP contribution in [0.25, 0.3) is 20.8 Å². The number of carbonyl (C=O) groups excluding carboxylic acids is 2. The Hall–Kier alpha value is -3.71. The molecule has 6 nitrogen and oxygen atoms in total. The number of anilines is 1. The molecule has 0 spiro atoms. The van der Waals surface area contributed by atoms with Crippen molar-refractivity contribution in [3.63, 3.8) is 0 Å². The van der Waals surface area contributed by atoms with Crippen molar-refractivity contribution in [2.45, 2.75) is 6.04 Å². The SMILES string of the molecule is NC(=O)NC(=O)[C@@H](Nc1ccc(-c2nc3ccccc3s2)cc1)c1ccccc1. The van der Waals surface area contributed by atoms with Gasteiger partial charge in [-0.1, -0.05) is 42.5 Å². The van der Waals surface area contributed by atoms with Gasteiger partial charge < -0.3 is 11.1 Å². The summed E-state index contributed by atoms with van der Waals surface area (Å²) in [5.74, 6) is -0.515. The van der Waals surface area contributed by atoms with Crippen LogP contribution in [0.3, 0.4) is 0 Å². The van der Waals surface area contributed by atoms with E-state index in [2.05, 4.69) is 15.6 Å². The van der Waals surface area contributed by atoms with Gasteiger partial charge in [0.1, 0.15) is 11.0 Å². The lowest BCUT2D eigenvalue weighted by molar-refractivity contribution is -0.120. The van der Waals surface area contributed by atoms with Crippen LogP contribution in [-0.4, -0.2) is 16.9 Å². The number of thiazole rings is 1. The molecule has 1 heterocycles. The molecule has 29 heavy (non-hydrogen) atoms. The van der Waals surface area contributed by atoms with Crippen molar-refractivity contribution in [3.8, 4) is 10.6 Å². The average molecular weight is 402 g/mol. The maximum atomic E-state index is 12.5. The Kier molecular flexibility index (Phi) is 5.22. The van der Waals surface area contributed by atoms with Crippen molar-refractivity contribution >= 4 is 39.2 Å². The molecule has 3 amide bonds. The summed E-state index contributed by atoms with van der Waals surface area (Å²) in [4.78, 5) is 28.3. The van der Waals surface area contributed by atoms with Gasteiger partial charge in [0.15, 0.2) is 0 Å². The fraction of sp³-hybridized carbons (Fsp3) is 0.0455. The van der Waals surface area contributed by atoms with Gasteiger partial charge in [0.05, 0.1) is 10.2 Å². The molecule has 0 aliphatic carbocycles. The van der Waals surface area contributed by atoms with E-state index in [1.807, 2.05) is 78.9 Å². The van der Waals surface area contributed by atoms with Crippen molar-refractivity contribution in [1.29, 1.82) is 0 Å². The minimum Gasteiger partial charge on any atom is -0.370 e. The molecule has 1 atom stereocenters. The van der Waals surface area contributed by atoms with Gasteiger partial charge in [0.2, 0.25) is 0 Å². The van der Waals surface area contributed by atoms with Crippen LogP contribution in [0.1, 0.15) is 11.6 Å². The van der Waals surface area contributed by atoms with Crippen LogP contribution in [0, 0.1) is 0 Å². The summed E-state index contributed by atoms with van der Waals surface area (Å²) in [5, 5.41) is 6.25. The minimum absolute atomic E-state index is 0.515. The first-order chi connectivity index (χ1) is 14.1. The number of carbonyl (C=O) groups is 2. The summed E-state index contributed by atoms with van der Waals surface area (Å²) in [6.45, 7) is 0. The number of nitrogens with two attached hydrogens (primary N) is 1. The lowest BCUT2D eigenvalue weighted by Crippen LogP contribution is -2.40. The van der Waals surface area contributed by atoms with Crippen LogP contribution in [0.2, 0.25) is 0 Å². The Morgan fingerprint density at radius 2 is 1.59 bits per heavy atom. The van der Waals surface area contributed by atoms with Crippen molar-refractivity contribution in [2.75, 3.05) is 5.32 Å². The summed E-state index contributed by atoms with van der Waals surface area (Å²) < 4.78 is 1.14. The number of para-hydroxylation sites is 1. The van der Waals surface area contributed by atoms with Crippen LogP contribution in [0.4, 0.5) is 10.5 Å². The number of nitrogens with one attached hydrogen (secondary N) is 2. The number of hydrogen-bond donors (Lipinski definition) is 3. The van der Waals surface area contributed by atoms with E-state index in [0.717, 1.165) is 32.0 Å². The summed E-state index contributed by atoms with van der Waals surface area (Å²) in [7, 11) is 0. The maximum absolute atomic E-state index is 12.5. The fourth-order valence-electron chi connectivity index (χ4n) is 3.01. The first-order valence-electron chi connectivity index (χ1n) is 8.98. The van der Waals surface area contributed by atoms with Crippen LogP contribution in [0.5, 0.6) is 0 Å². The molecule has 0 bridgehead atoms. The van der Waals surface area contributed by atoms with Crippen molar-refractivity contribution in [3.05, 3.63) is 84.4 Å². The zero-order chi connectivity index (χ0) is 20.2. The summed E-state index contributed by atoms with van der Waals surface area (Å²) in [6, 6.07) is 23.2. The molecular weight excluding hydrogens is 384 g/mol. The number of hydrogen-bond acceptors (Lipinski definition) is 5. The van der Waals surface area contributed by atoms with E-state index in [9.17, 15) is 9.59 Å². The number of nitrogens with zero attached hydrogens (tertiary/aromatic N) is 1. The van der Waals surface area contributed by atoms with Crippen molar-refractivity contribution in [1.82, 2.24) is 10.3 Å². The zero-order valence-electron chi connectivity index (χ0n) is 15.3. The number of urea groups is 1. The molecule has 0 saturated heterocycles. The molecule has 4 N–H and O–H groups in total. The van der Waals surface area contributed by atoms with E-state index in [4.69, 9.17) is 5.73 Å². The Bertz CT molecular complexity index is 1120. The number of aromatic nitrogens is 1. The highest BCUT2D eigenvalue weighted by Gasteiger charge is 2.21. The third-order valence-electron chi connectivity index (χ3n) is 4.38. The van der Waals surface area contributed by atoms with Gasteiger partial charge in [-0.2, -0.15) is 0 Å². The molecule has 144 valence electrons. The highest BCUT2D eigenvalue weighted by atomic mass is 32.1. The molecule has 4 aromatic rings. The van der Waals surface area contributed by atoms with Gasteiger partial charge in [-0.25, -0.2) is 9.78 Å². The molecule has 0 fully saturated rings. The molecule has 0 unspecified atom stereocenters. The quantitative estimate of drug-likeness (QED) is 0.463. The number of benzene rings is 3. The zero-order valence-corrected chi connectivity index (χ0v) is 16.1. The smallest absolute Gasteiger partial charge is 0.318 e. The first kappa shape index (κ1) is 18.6. The number of primary amides is 1. The maximum Gasteiger partial charge on any atom is 0.318 e. The second kappa shape index (κ2) is 8.12. The second-order valence-corrected chi connectivity index (χ2v) is 7.44. The second-order valence-electron chi connectivity index (χ2n) is 6.41. The minimum atomic E-state index is -0.885. The monoisotopic (exact) mass is 402 g/mol. The lowest BCUT2D eigenvalue weighted by Gasteiger charge is -2.19. The van der Waals surface area contributed by atoms with Gasteiger partial charge in [0, 0.05) is 11.3 Å². The average Bonchev–Trinajstić information content (AvgIpc) is 3.17. The highest BCUT2D eigenvalue weighted by molar-refractivity contribution is 7.21. The van der Waals surface area contributed by atoms with E-state index in [1.165, 1.54) is 0 Å². The predicted octanol–water partition coefficient (Wildman–Crippen LogP) is 4.31. The van der Waals surface area contributed by atoms with Gasteiger partial charge in [-0.05, 0) is 42.0 Å². The fourth-order valence-corrected chi connectivity index (χ4v) is 3.98. The van der Waals surface area contributed by atoms with E-state index < -0.39 is 18.0 Å². The third-order valence-corrected chi connectivity index (χ3v) is 5.46. The summed E-state index contributed by atoms with van der Waals surface area (Å²) in [6.07, 6.45) is 0. The van der Waals surface area contributed by atoms with Crippen LogP contribution in [-0.2, 0) is 4.79 Å². The van der Waals surface area contributed by atoms with E-state index in [1.54, 1.807) is 11.3 Å². The summed E-state index contributed by atoms with van der Waals surface area (Å²) in [5.41, 5.74) is 8.55. The van der Waals surface area contributed by atoms with Crippen molar-refractivity contribution < 1.29 is 9.59 Å². The molecule has 0 aliphatic heterocycles. The van der Waals surface area contributed by atoms with E-state index in [-0.39, 0.29) is 0 Å². The Morgan fingerprint density at radius 1 is 0.897 bits per heavy atom. The Morgan fingerprint density at radius 3 is 2.28 bits per heavy atom. The molecule has 1 aromatic heterocycles. The Labute approximate surface area is 171 Å². The van der Waals surface area contributed by atoms with E-state index >= 15 is 0 Å². The van der Waals surface area contributed by atoms with Crippen LogP contribution in [0.15, 0.2) is 78.9 Å². The normalized spacial score (nSPS) is 11.7. The van der Waals surface area contributed by atoms with Crippen LogP contribution >= 0.6 is 11.3 Å². The number of amides is 3. The molecule has 0 aliphatic rings. The molecule has 7 heteroatoms. The van der Waals surface area contributed by atoms with Gasteiger partial charge >= 0.3 is 6.03 Å². The van der Waals surface area contributed by atoms with Gasteiger partial charge in [-0.15, -0.1) is 11.3 Å². The number of imide groups is 1. The first-order valence-corrected chi connectivity index (χ1v) is 9.79. The topological polar surface area (TPSA) is 97.1 Å². The number of rotatable bonds is 5. The molecular formula is C22H18N4O2S. The lowest BCUT2D eigenvalue weighted by atomic mass is 10.1. The van der Waals surface area contributed by atoms with Gasteiger partial charge in [-0.3, -0.25) is 10.1 Å². The summed E-state index contributed by atoms with van der Waals surface area (Å²) >= 11 is 1.63. The molecule has 4 rings (SSSR count). The predicted molar refractivity (Wildman–Crippen MR) is 116 cm³/mol. The standard InChI is InChI=1S/C22H18N4O2S/c23-22(28)26-20(27)19(14-6-2-1-3-7-14)24-16-12-10-15(11-13-16)21-25-17-8-4-5-9-18(17)29-21/h1-13,19,24H,(H3,23,26,27,28)/t19-/m0/s1. The largest absolute Gasteiger partial charge is 0.370 e. The van der Waals surface area contributed by atoms with E-state index in [0.29, 0.717) is 0 Å². The third kappa shape index (κ3) is 4.25.